The fraction of sp³-hybridized carbons (Fsp3) is 0.286. The van der Waals surface area contributed by atoms with Gasteiger partial charge in [-0.1, -0.05) is 0 Å². The average molecular weight is 264 g/mol. The van der Waals surface area contributed by atoms with E-state index in [1.54, 1.807) is 17.2 Å². The third-order valence-electron chi connectivity index (χ3n) is 3.28. The number of nitrogens with two attached hydrogens (primary N) is 1. The molecule has 1 aliphatic rings. The predicted octanol–water partition coefficient (Wildman–Crippen LogP) is 3.31. The quantitative estimate of drug-likeness (QED) is 0.861. The maximum Gasteiger partial charge on any atom is 0.184 e. The SMILES string of the molecule is Nc1ccc(F)c(F)c1N(Cc1ccco1)C1CC1. The third-order valence-corrected chi connectivity index (χ3v) is 3.28. The molecule has 3 rings (SSSR count). The highest BCUT2D eigenvalue weighted by atomic mass is 19.2. The number of halogens is 2. The van der Waals surface area contributed by atoms with Crippen molar-refractivity contribution in [2.45, 2.75) is 25.4 Å². The first kappa shape index (κ1) is 12.0. The molecule has 2 aromatic rings. The number of hydrogen-bond donors (Lipinski definition) is 1. The van der Waals surface area contributed by atoms with Gasteiger partial charge in [-0.2, -0.15) is 0 Å². The molecule has 0 unspecified atom stereocenters. The van der Waals surface area contributed by atoms with Crippen molar-refractivity contribution in [1.82, 2.24) is 0 Å². The van der Waals surface area contributed by atoms with Gasteiger partial charge in [0.25, 0.3) is 0 Å². The maximum absolute atomic E-state index is 14.0. The number of anilines is 2. The Morgan fingerprint density at radius 3 is 2.68 bits per heavy atom. The molecule has 2 N–H and O–H groups in total. The second kappa shape index (κ2) is 4.57. The average Bonchev–Trinajstić information content (AvgIpc) is 3.11. The molecule has 19 heavy (non-hydrogen) atoms. The molecule has 1 fully saturated rings. The van der Waals surface area contributed by atoms with Crippen molar-refractivity contribution >= 4 is 11.4 Å². The number of nitrogens with zero attached hydrogens (tertiary/aromatic N) is 1. The van der Waals surface area contributed by atoms with Gasteiger partial charge in [0.2, 0.25) is 0 Å². The molecule has 0 saturated heterocycles. The van der Waals surface area contributed by atoms with E-state index < -0.39 is 11.6 Å². The van der Waals surface area contributed by atoms with Crippen LogP contribution in [0.5, 0.6) is 0 Å². The van der Waals surface area contributed by atoms with Crippen LogP contribution in [0.1, 0.15) is 18.6 Å². The molecule has 3 nitrogen and oxygen atoms in total. The summed E-state index contributed by atoms with van der Waals surface area (Å²) in [4.78, 5) is 1.78. The Morgan fingerprint density at radius 1 is 1.26 bits per heavy atom. The molecule has 0 amide bonds. The van der Waals surface area contributed by atoms with E-state index in [2.05, 4.69) is 0 Å². The van der Waals surface area contributed by atoms with Crippen molar-refractivity contribution < 1.29 is 13.2 Å². The molecule has 0 aliphatic heterocycles. The van der Waals surface area contributed by atoms with Gasteiger partial charge in [-0.3, -0.25) is 0 Å². The van der Waals surface area contributed by atoms with Crippen molar-refractivity contribution in [2.75, 3.05) is 10.6 Å². The Balaban J connectivity index is 1.98. The molecular formula is C14H14F2N2O. The zero-order valence-electron chi connectivity index (χ0n) is 10.3. The van der Waals surface area contributed by atoms with Gasteiger partial charge in [0.05, 0.1) is 24.2 Å². The van der Waals surface area contributed by atoms with E-state index in [0.29, 0.717) is 12.3 Å². The van der Waals surface area contributed by atoms with Crippen LogP contribution in [-0.2, 0) is 6.54 Å². The van der Waals surface area contributed by atoms with E-state index in [-0.39, 0.29) is 17.4 Å². The summed E-state index contributed by atoms with van der Waals surface area (Å²) in [5.74, 6) is -1.07. The number of nitrogen functional groups attached to an aromatic ring is 1. The summed E-state index contributed by atoms with van der Waals surface area (Å²) >= 11 is 0. The first-order chi connectivity index (χ1) is 9.16. The lowest BCUT2D eigenvalue weighted by atomic mass is 10.2. The Morgan fingerprint density at radius 2 is 2.05 bits per heavy atom. The standard InChI is InChI=1S/C14H14F2N2O/c15-11-5-6-12(17)14(13(11)16)18(9-3-4-9)8-10-2-1-7-19-10/h1-2,5-7,9H,3-4,8,17H2. The highest BCUT2D eigenvalue weighted by Gasteiger charge is 2.33. The van der Waals surface area contributed by atoms with Crippen LogP contribution >= 0.6 is 0 Å². The van der Waals surface area contributed by atoms with E-state index in [0.717, 1.165) is 18.9 Å². The van der Waals surface area contributed by atoms with Crippen molar-refractivity contribution in [3.63, 3.8) is 0 Å². The fourth-order valence-electron chi connectivity index (χ4n) is 2.19. The number of benzene rings is 1. The van der Waals surface area contributed by atoms with Crippen LogP contribution in [0.2, 0.25) is 0 Å². The minimum absolute atomic E-state index is 0.138. The second-order valence-corrected chi connectivity index (χ2v) is 4.74. The normalized spacial score (nSPS) is 14.6. The first-order valence-corrected chi connectivity index (χ1v) is 6.19. The largest absolute Gasteiger partial charge is 0.467 e. The highest BCUT2D eigenvalue weighted by molar-refractivity contribution is 5.69. The highest BCUT2D eigenvalue weighted by Crippen LogP contribution is 2.38. The van der Waals surface area contributed by atoms with Crippen molar-refractivity contribution in [2.24, 2.45) is 0 Å². The Bertz CT molecular complexity index is 579. The van der Waals surface area contributed by atoms with E-state index in [9.17, 15) is 8.78 Å². The van der Waals surface area contributed by atoms with Crippen LogP contribution in [0.4, 0.5) is 20.2 Å². The van der Waals surface area contributed by atoms with Crippen LogP contribution < -0.4 is 10.6 Å². The minimum Gasteiger partial charge on any atom is -0.467 e. The Labute approximate surface area is 109 Å². The molecule has 1 aliphatic carbocycles. The molecule has 0 spiro atoms. The fourth-order valence-corrected chi connectivity index (χ4v) is 2.19. The van der Waals surface area contributed by atoms with Gasteiger partial charge < -0.3 is 15.1 Å². The Kier molecular flexibility index (Phi) is 2.89. The van der Waals surface area contributed by atoms with Crippen molar-refractivity contribution in [3.8, 4) is 0 Å². The summed E-state index contributed by atoms with van der Waals surface area (Å²) in [7, 11) is 0. The van der Waals surface area contributed by atoms with Gasteiger partial charge in [-0.15, -0.1) is 0 Å². The van der Waals surface area contributed by atoms with Gasteiger partial charge >= 0.3 is 0 Å². The lowest BCUT2D eigenvalue weighted by Crippen LogP contribution is -2.27. The zero-order chi connectivity index (χ0) is 13.4. The molecule has 5 heteroatoms. The number of rotatable bonds is 4. The summed E-state index contributed by atoms with van der Waals surface area (Å²) in [5.41, 5.74) is 6.19. The number of furan rings is 1. The van der Waals surface area contributed by atoms with Crippen LogP contribution in [-0.4, -0.2) is 6.04 Å². The van der Waals surface area contributed by atoms with E-state index in [1.807, 2.05) is 6.07 Å². The zero-order valence-corrected chi connectivity index (χ0v) is 10.3. The van der Waals surface area contributed by atoms with E-state index in [4.69, 9.17) is 10.2 Å². The summed E-state index contributed by atoms with van der Waals surface area (Å²) in [6, 6.07) is 6.22. The maximum atomic E-state index is 14.0. The monoisotopic (exact) mass is 264 g/mol. The second-order valence-electron chi connectivity index (χ2n) is 4.74. The topological polar surface area (TPSA) is 42.4 Å². The molecular weight excluding hydrogens is 250 g/mol. The molecule has 100 valence electrons. The van der Waals surface area contributed by atoms with Gasteiger partial charge in [-0.05, 0) is 37.1 Å². The molecule has 1 saturated carbocycles. The van der Waals surface area contributed by atoms with Crippen LogP contribution in [0.25, 0.3) is 0 Å². The van der Waals surface area contributed by atoms with Crippen molar-refractivity contribution in [3.05, 3.63) is 47.9 Å². The third kappa shape index (κ3) is 2.28. The molecule has 1 aromatic carbocycles. The molecule has 1 heterocycles. The summed E-state index contributed by atoms with van der Waals surface area (Å²) < 4.78 is 32.7. The van der Waals surface area contributed by atoms with E-state index >= 15 is 0 Å². The smallest absolute Gasteiger partial charge is 0.184 e. The molecule has 0 atom stereocenters. The van der Waals surface area contributed by atoms with Gasteiger partial charge in [0.15, 0.2) is 11.6 Å². The van der Waals surface area contributed by atoms with Gasteiger partial charge in [0, 0.05) is 6.04 Å². The summed E-state index contributed by atoms with van der Waals surface area (Å²) in [5, 5.41) is 0. The van der Waals surface area contributed by atoms with E-state index in [1.165, 1.54) is 6.07 Å². The number of hydrogen-bond acceptors (Lipinski definition) is 3. The lowest BCUT2D eigenvalue weighted by molar-refractivity contribution is 0.487. The van der Waals surface area contributed by atoms with Crippen LogP contribution in [0.15, 0.2) is 34.9 Å². The Hall–Kier alpha value is -2.04. The predicted molar refractivity (Wildman–Crippen MR) is 68.7 cm³/mol. The van der Waals surface area contributed by atoms with Crippen LogP contribution in [0.3, 0.4) is 0 Å². The van der Waals surface area contributed by atoms with Crippen LogP contribution in [0, 0.1) is 11.6 Å². The molecule has 0 radical (unpaired) electrons. The first-order valence-electron chi connectivity index (χ1n) is 6.19. The summed E-state index contributed by atoms with van der Waals surface area (Å²) in [6.45, 7) is 0.391. The minimum atomic E-state index is -0.890. The summed E-state index contributed by atoms with van der Waals surface area (Å²) in [6.07, 6.45) is 3.47. The van der Waals surface area contributed by atoms with Gasteiger partial charge in [-0.25, -0.2) is 8.78 Å². The van der Waals surface area contributed by atoms with Gasteiger partial charge in [0.1, 0.15) is 5.76 Å². The van der Waals surface area contributed by atoms with Crippen molar-refractivity contribution in [1.29, 1.82) is 0 Å². The lowest BCUT2D eigenvalue weighted by Gasteiger charge is -2.25. The molecule has 1 aromatic heterocycles. The molecule has 0 bridgehead atoms.